The van der Waals surface area contributed by atoms with Gasteiger partial charge in [-0.05, 0) is 36.2 Å². The van der Waals surface area contributed by atoms with Crippen molar-refractivity contribution in [3.63, 3.8) is 0 Å². The second-order valence-electron chi connectivity index (χ2n) is 4.29. The summed E-state index contributed by atoms with van der Waals surface area (Å²) in [6, 6.07) is 11.9. The Labute approximate surface area is 112 Å². The van der Waals surface area contributed by atoms with E-state index in [0.29, 0.717) is 5.69 Å². The molecule has 98 valence electrons. The number of rotatable bonds is 4. The summed E-state index contributed by atoms with van der Waals surface area (Å²) in [4.78, 5) is 15.1. The van der Waals surface area contributed by atoms with Gasteiger partial charge in [-0.15, -0.1) is 0 Å². The quantitative estimate of drug-likeness (QED) is 0.881. The van der Waals surface area contributed by atoms with Crippen LogP contribution in [0, 0.1) is 0 Å². The van der Waals surface area contributed by atoms with Crippen molar-refractivity contribution < 1.29 is 4.79 Å². The average molecular weight is 255 g/mol. The van der Waals surface area contributed by atoms with E-state index in [-0.39, 0.29) is 5.91 Å². The smallest absolute Gasteiger partial charge is 0.221 e. The zero-order valence-corrected chi connectivity index (χ0v) is 11.1. The van der Waals surface area contributed by atoms with Crippen molar-refractivity contribution in [2.75, 3.05) is 10.6 Å². The maximum absolute atomic E-state index is 10.9. The van der Waals surface area contributed by atoms with Crippen molar-refractivity contribution in [2.24, 2.45) is 0 Å². The maximum atomic E-state index is 10.9. The molecule has 0 spiro atoms. The normalized spacial score (nSPS) is 10.0. The molecule has 0 fully saturated rings. The van der Waals surface area contributed by atoms with Gasteiger partial charge in [-0.1, -0.05) is 19.1 Å². The molecule has 2 N–H and O–H groups in total. The number of anilines is 3. The molecule has 2 rings (SSSR count). The van der Waals surface area contributed by atoms with Gasteiger partial charge in [0.05, 0.1) is 11.9 Å². The molecule has 4 nitrogen and oxygen atoms in total. The number of pyridine rings is 1. The molecule has 0 bridgehead atoms. The largest absolute Gasteiger partial charge is 0.340 e. The van der Waals surface area contributed by atoms with Gasteiger partial charge in [-0.3, -0.25) is 4.79 Å². The van der Waals surface area contributed by atoms with Crippen molar-refractivity contribution in [2.45, 2.75) is 20.3 Å². The van der Waals surface area contributed by atoms with Crippen LogP contribution in [0.4, 0.5) is 17.2 Å². The van der Waals surface area contributed by atoms with Gasteiger partial charge >= 0.3 is 0 Å². The van der Waals surface area contributed by atoms with Crippen LogP contribution in [0.2, 0.25) is 0 Å². The van der Waals surface area contributed by atoms with Crippen molar-refractivity contribution in [1.29, 1.82) is 0 Å². The highest BCUT2D eigenvalue weighted by Gasteiger charge is 1.98. The van der Waals surface area contributed by atoms with Crippen LogP contribution >= 0.6 is 0 Å². The van der Waals surface area contributed by atoms with E-state index in [2.05, 4.69) is 34.7 Å². The molecule has 0 aliphatic rings. The van der Waals surface area contributed by atoms with Crippen molar-refractivity contribution >= 4 is 23.1 Å². The summed E-state index contributed by atoms with van der Waals surface area (Å²) in [5.74, 6) is 0.649. The second-order valence-corrected chi connectivity index (χ2v) is 4.29. The first-order chi connectivity index (χ1) is 9.17. The van der Waals surface area contributed by atoms with E-state index >= 15 is 0 Å². The minimum absolute atomic E-state index is 0.0994. The third-order valence-corrected chi connectivity index (χ3v) is 2.72. The van der Waals surface area contributed by atoms with E-state index < -0.39 is 0 Å². The number of nitrogens with zero attached hydrogens (tertiary/aromatic N) is 1. The van der Waals surface area contributed by atoms with Crippen LogP contribution in [0.25, 0.3) is 0 Å². The number of hydrogen-bond acceptors (Lipinski definition) is 3. The highest BCUT2D eigenvalue weighted by atomic mass is 16.1. The number of benzene rings is 1. The first-order valence-electron chi connectivity index (χ1n) is 6.27. The first kappa shape index (κ1) is 13.1. The molecule has 0 radical (unpaired) electrons. The SMILES string of the molecule is CCc1ccc(Nc2ccc(NC(C)=O)cn2)cc1. The zero-order chi connectivity index (χ0) is 13.7. The predicted octanol–water partition coefficient (Wildman–Crippen LogP) is 3.35. The number of carbonyl (C=O) groups excluding carboxylic acids is 1. The molecule has 0 aliphatic heterocycles. The van der Waals surface area contributed by atoms with Crippen LogP contribution in [0.1, 0.15) is 19.4 Å². The molecule has 2 aromatic rings. The Balaban J connectivity index is 2.04. The van der Waals surface area contributed by atoms with Gasteiger partial charge in [0, 0.05) is 12.6 Å². The Bertz CT molecular complexity index is 547. The van der Waals surface area contributed by atoms with Crippen molar-refractivity contribution in [3.8, 4) is 0 Å². The Kier molecular flexibility index (Phi) is 4.13. The number of nitrogens with one attached hydrogen (secondary N) is 2. The number of hydrogen-bond donors (Lipinski definition) is 2. The third-order valence-electron chi connectivity index (χ3n) is 2.72. The minimum atomic E-state index is -0.0994. The van der Waals surface area contributed by atoms with Gasteiger partial charge in [0.1, 0.15) is 5.82 Å². The molecule has 1 aromatic heterocycles. The summed E-state index contributed by atoms with van der Waals surface area (Å²) in [6.45, 7) is 3.60. The van der Waals surface area contributed by atoms with Gasteiger partial charge in [0.2, 0.25) is 5.91 Å². The molecule has 4 heteroatoms. The molecular weight excluding hydrogens is 238 g/mol. The molecule has 0 aliphatic carbocycles. The van der Waals surface area contributed by atoms with E-state index in [0.717, 1.165) is 17.9 Å². The van der Waals surface area contributed by atoms with E-state index in [1.165, 1.54) is 12.5 Å². The lowest BCUT2D eigenvalue weighted by Gasteiger charge is -2.07. The lowest BCUT2D eigenvalue weighted by atomic mass is 10.1. The Morgan fingerprint density at radius 1 is 1.11 bits per heavy atom. The first-order valence-corrected chi connectivity index (χ1v) is 6.27. The average Bonchev–Trinajstić information content (AvgIpc) is 2.41. The van der Waals surface area contributed by atoms with Crippen LogP contribution in [0.15, 0.2) is 42.6 Å². The van der Waals surface area contributed by atoms with Crippen molar-refractivity contribution in [3.05, 3.63) is 48.2 Å². The maximum Gasteiger partial charge on any atom is 0.221 e. The third kappa shape index (κ3) is 3.81. The van der Waals surface area contributed by atoms with Gasteiger partial charge in [-0.25, -0.2) is 4.98 Å². The van der Waals surface area contributed by atoms with Gasteiger partial charge in [0.15, 0.2) is 0 Å². The number of amides is 1. The van der Waals surface area contributed by atoms with Crippen LogP contribution in [0.5, 0.6) is 0 Å². The van der Waals surface area contributed by atoms with Crippen LogP contribution < -0.4 is 10.6 Å². The van der Waals surface area contributed by atoms with Crippen LogP contribution in [-0.4, -0.2) is 10.9 Å². The van der Waals surface area contributed by atoms with Crippen molar-refractivity contribution in [1.82, 2.24) is 4.98 Å². The van der Waals surface area contributed by atoms with Gasteiger partial charge in [-0.2, -0.15) is 0 Å². The molecular formula is C15H17N3O. The Hall–Kier alpha value is -2.36. The summed E-state index contributed by atoms with van der Waals surface area (Å²) in [5, 5.41) is 5.89. The fourth-order valence-electron chi connectivity index (χ4n) is 1.72. The van der Waals surface area contributed by atoms with E-state index in [9.17, 15) is 4.79 Å². The molecule has 1 heterocycles. The highest BCUT2D eigenvalue weighted by molar-refractivity contribution is 5.88. The standard InChI is InChI=1S/C15H17N3O/c1-3-12-4-6-13(7-5-12)18-15-9-8-14(10-16-15)17-11(2)19/h4-10H,3H2,1-2H3,(H,16,18)(H,17,19). The van der Waals surface area contributed by atoms with Gasteiger partial charge < -0.3 is 10.6 Å². The lowest BCUT2D eigenvalue weighted by molar-refractivity contribution is -0.114. The predicted molar refractivity (Wildman–Crippen MR) is 77.6 cm³/mol. The topological polar surface area (TPSA) is 54.0 Å². The molecule has 0 saturated heterocycles. The summed E-state index contributed by atoms with van der Waals surface area (Å²) in [5.41, 5.74) is 3.00. The summed E-state index contributed by atoms with van der Waals surface area (Å²) in [7, 11) is 0. The summed E-state index contributed by atoms with van der Waals surface area (Å²) in [6.07, 6.45) is 2.66. The molecule has 0 saturated carbocycles. The monoisotopic (exact) mass is 255 g/mol. The van der Waals surface area contributed by atoms with E-state index in [4.69, 9.17) is 0 Å². The fourth-order valence-corrected chi connectivity index (χ4v) is 1.72. The molecule has 0 unspecified atom stereocenters. The zero-order valence-electron chi connectivity index (χ0n) is 11.1. The van der Waals surface area contributed by atoms with Crippen LogP contribution in [-0.2, 0) is 11.2 Å². The number of aromatic nitrogens is 1. The molecule has 0 atom stereocenters. The van der Waals surface area contributed by atoms with E-state index in [1.807, 2.05) is 24.3 Å². The molecule has 19 heavy (non-hydrogen) atoms. The minimum Gasteiger partial charge on any atom is -0.340 e. The fraction of sp³-hybridized carbons (Fsp3) is 0.200. The highest BCUT2D eigenvalue weighted by Crippen LogP contribution is 2.17. The summed E-state index contributed by atoms with van der Waals surface area (Å²) < 4.78 is 0. The lowest BCUT2D eigenvalue weighted by Crippen LogP contribution is -2.06. The van der Waals surface area contributed by atoms with Gasteiger partial charge in [0.25, 0.3) is 0 Å². The molecule has 1 amide bonds. The number of carbonyl (C=O) groups is 1. The van der Waals surface area contributed by atoms with E-state index in [1.54, 1.807) is 6.20 Å². The van der Waals surface area contributed by atoms with Crippen LogP contribution in [0.3, 0.4) is 0 Å². The Morgan fingerprint density at radius 3 is 2.32 bits per heavy atom. The second kappa shape index (κ2) is 6.00. The summed E-state index contributed by atoms with van der Waals surface area (Å²) >= 11 is 0. The Morgan fingerprint density at radius 2 is 1.79 bits per heavy atom. The molecule has 1 aromatic carbocycles. The number of aryl methyl sites for hydroxylation is 1.